The van der Waals surface area contributed by atoms with E-state index >= 15 is 0 Å². The molecular weight excluding hydrogens is 226 g/mol. The van der Waals surface area contributed by atoms with Crippen LogP contribution in [0.1, 0.15) is 29.9 Å². The highest BCUT2D eigenvalue weighted by atomic mass is 16.2. The molecule has 2 N–H and O–H groups in total. The van der Waals surface area contributed by atoms with Crippen molar-refractivity contribution in [1.29, 1.82) is 0 Å². The first-order chi connectivity index (χ1) is 8.54. The molecule has 0 atom stereocenters. The predicted molar refractivity (Wildman–Crippen MR) is 72.0 cm³/mol. The van der Waals surface area contributed by atoms with E-state index in [1.165, 1.54) is 0 Å². The smallest absolute Gasteiger partial charge is 0.272 e. The van der Waals surface area contributed by atoms with E-state index in [1.807, 2.05) is 0 Å². The summed E-state index contributed by atoms with van der Waals surface area (Å²) in [7, 11) is 1.78. The van der Waals surface area contributed by atoms with Gasteiger partial charge in [-0.15, -0.1) is 0 Å². The molecule has 0 aliphatic rings. The number of amides is 1. The molecule has 0 saturated heterocycles. The minimum Gasteiger partial charge on any atom is -0.340 e. The second-order valence-electron chi connectivity index (χ2n) is 4.52. The molecule has 1 rings (SSSR count). The third kappa shape index (κ3) is 4.19. The fraction of sp³-hybridized carbons (Fsp3) is 0.429. The van der Waals surface area contributed by atoms with Crippen molar-refractivity contribution >= 4 is 5.91 Å². The summed E-state index contributed by atoms with van der Waals surface area (Å²) in [6.45, 7) is 5.18. The first-order valence-electron chi connectivity index (χ1n) is 5.95. The summed E-state index contributed by atoms with van der Waals surface area (Å²) >= 11 is 0. The van der Waals surface area contributed by atoms with Gasteiger partial charge in [-0.3, -0.25) is 4.79 Å². The Bertz CT molecular complexity index is 454. The van der Waals surface area contributed by atoms with Gasteiger partial charge >= 0.3 is 0 Å². The van der Waals surface area contributed by atoms with E-state index in [0.717, 1.165) is 12.1 Å². The zero-order valence-electron chi connectivity index (χ0n) is 11.1. The van der Waals surface area contributed by atoms with Crippen molar-refractivity contribution in [3.05, 3.63) is 29.6 Å². The Balaban J connectivity index is 2.75. The van der Waals surface area contributed by atoms with Crippen LogP contribution < -0.4 is 5.73 Å². The molecule has 0 aliphatic heterocycles. The van der Waals surface area contributed by atoms with Crippen LogP contribution in [0.2, 0.25) is 0 Å². The van der Waals surface area contributed by atoms with Crippen LogP contribution in [0.4, 0.5) is 0 Å². The van der Waals surface area contributed by atoms with Crippen molar-refractivity contribution in [2.24, 2.45) is 11.7 Å². The number of nitrogens with zero attached hydrogens (tertiary/aromatic N) is 2. The topological polar surface area (TPSA) is 59.2 Å². The second-order valence-corrected chi connectivity index (χ2v) is 4.52. The Kier molecular flexibility index (Phi) is 5.34. The SMILES string of the molecule is CC(C)CN(C)C(=O)c1ccc(C#CCN)cn1. The van der Waals surface area contributed by atoms with Crippen molar-refractivity contribution in [2.75, 3.05) is 20.1 Å². The van der Waals surface area contributed by atoms with Gasteiger partial charge in [0.1, 0.15) is 5.69 Å². The summed E-state index contributed by atoms with van der Waals surface area (Å²) in [5.74, 6) is 5.99. The summed E-state index contributed by atoms with van der Waals surface area (Å²) < 4.78 is 0. The lowest BCUT2D eigenvalue weighted by Crippen LogP contribution is -2.30. The summed E-state index contributed by atoms with van der Waals surface area (Å²) in [5, 5.41) is 0. The quantitative estimate of drug-likeness (QED) is 0.812. The van der Waals surface area contributed by atoms with Crippen LogP contribution >= 0.6 is 0 Å². The van der Waals surface area contributed by atoms with Crippen molar-refractivity contribution in [3.63, 3.8) is 0 Å². The van der Waals surface area contributed by atoms with Crippen LogP contribution in [-0.4, -0.2) is 35.9 Å². The Morgan fingerprint density at radius 3 is 2.72 bits per heavy atom. The van der Waals surface area contributed by atoms with Crippen LogP contribution in [0.25, 0.3) is 0 Å². The third-order valence-electron chi connectivity index (χ3n) is 2.30. The fourth-order valence-corrected chi connectivity index (χ4v) is 1.57. The van der Waals surface area contributed by atoms with Crippen molar-refractivity contribution in [2.45, 2.75) is 13.8 Å². The first-order valence-corrected chi connectivity index (χ1v) is 5.95. The molecule has 1 heterocycles. The monoisotopic (exact) mass is 245 g/mol. The minimum absolute atomic E-state index is 0.0676. The van der Waals surface area contributed by atoms with Gasteiger partial charge in [-0.25, -0.2) is 4.98 Å². The lowest BCUT2D eigenvalue weighted by atomic mass is 10.2. The van der Waals surface area contributed by atoms with Gasteiger partial charge < -0.3 is 10.6 Å². The standard InChI is InChI=1S/C14H19N3O/c1-11(2)10-17(3)14(18)13-7-6-12(9-16-13)5-4-8-15/h6-7,9,11H,8,10,15H2,1-3H3. The molecular formula is C14H19N3O. The van der Waals surface area contributed by atoms with E-state index < -0.39 is 0 Å². The zero-order valence-corrected chi connectivity index (χ0v) is 11.1. The summed E-state index contributed by atoms with van der Waals surface area (Å²) in [5.41, 5.74) is 6.49. The van der Waals surface area contributed by atoms with Crippen LogP contribution in [0.3, 0.4) is 0 Å². The molecule has 0 aliphatic carbocycles. The molecule has 96 valence electrons. The minimum atomic E-state index is -0.0676. The Morgan fingerprint density at radius 1 is 1.50 bits per heavy atom. The number of carbonyl (C=O) groups excluding carboxylic acids is 1. The van der Waals surface area contributed by atoms with E-state index in [1.54, 1.807) is 30.3 Å². The maximum atomic E-state index is 12.0. The number of hydrogen-bond acceptors (Lipinski definition) is 3. The third-order valence-corrected chi connectivity index (χ3v) is 2.30. The molecule has 0 unspecified atom stereocenters. The molecule has 0 spiro atoms. The van der Waals surface area contributed by atoms with E-state index in [0.29, 0.717) is 18.2 Å². The number of rotatable bonds is 3. The number of aromatic nitrogens is 1. The highest BCUT2D eigenvalue weighted by Crippen LogP contribution is 2.04. The van der Waals surface area contributed by atoms with Gasteiger partial charge in [0, 0.05) is 25.4 Å². The highest BCUT2D eigenvalue weighted by Gasteiger charge is 2.13. The zero-order chi connectivity index (χ0) is 13.5. The Hall–Kier alpha value is -1.86. The molecule has 1 amide bonds. The summed E-state index contributed by atoms with van der Waals surface area (Å²) in [6, 6.07) is 3.48. The summed E-state index contributed by atoms with van der Waals surface area (Å²) in [6.07, 6.45) is 1.60. The van der Waals surface area contributed by atoms with E-state index in [4.69, 9.17) is 5.73 Å². The molecule has 1 aromatic rings. The van der Waals surface area contributed by atoms with Crippen LogP contribution in [-0.2, 0) is 0 Å². The van der Waals surface area contributed by atoms with Crippen molar-refractivity contribution in [3.8, 4) is 11.8 Å². The van der Waals surface area contributed by atoms with Crippen molar-refractivity contribution < 1.29 is 4.79 Å². The molecule has 0 saturated carbocycles. The van der Waals surface area contributed by atoms with Crippen LogP contribution in [0.15, 0.2) is 18.3 Å². The number of hydrogen-bond donors (Lipinski definition) is 1. The molecule has 0 aromatic carbocycles. The first kappa shape index (κ1) is 14.2. The number of pyridine rings is 1. The van der Waals surface area contributed by atoms with E-state index in [2.05, 4.69) is 30.7 Å². The van der Waals surface area contributed by atoms with Crippen molar-refractivity contribution in [1.82, 2.24) is 9.88 Å². The second kappa shape index (κ2) is 6.77. The van der Waals surface area contributed by atoms with Gasteiger partial charge in [-0.1, -0.05) is 25.7 Å². The average molecular weight is 245 g/mol. The number of carbonyl (C=O) groups is 1. The average Bonchev–Trinajstić information content (AvgIpc) is 2.35. The van der Waals surface area contributed by atoms with Gasteiger partial charge in [-0.05, 0) is 18.1 Å². The fourth-order valence-electron chi connectivity index (χ4n) is 1.57. The molecule has 0 bridgehead atoms. The van der Waals surface area contributed by atoms with Crippen LogP contribution in [0.5, 0.6) is 0 Å². The largest absolute Gasteiger partial charge is 0.340 e. The molecule has 0 radical (unpaired) electrons. The van der Waals surface area contributed by atoms with Gasteiger partial charge in [-0.2, -0.15) is 0 Å². The lowest BCUT2D eigenvalue weighted by Gasteiger charge is -2.18. The van der Waals surface area contributed by atoms with Gasteiger partial charge in [0.2, 0.25) is 0 Å². The van der Waals surface area contributed by atoms with E-state index in [9.17, 15) is 4.79 Å². The van der Waals surface area contributed by atoms with Gasteiger partial charge in [0.05, 0.1) is 6.54 Å². The Labute approximate surface area is 108 Å². The predicted octanol–water partition coefficient (Wildman–Crippen LogP) is 1.12. The maximum Gasteiger partial charge on any atom is 0.272 e. The lowest BCUT2D eigenvalue weighted by molar-refractivity contribution is 0.0773. The molecule has 4 nitrogen and oxygen atoms in total. The molecule has 0 fully saturated rings. The van der Waals surface area contributed by atoms with E-state index in [-0.39, 0.29) is 5.91 Å². The molecule has 1 aromatic heterocycles. The molecule has 4 heteroatoms. The normalized spacial score (nSPS) is 9.83. The Morgan fingerprint density at radius 2 is 2.22 bits per heavy atom. The molecule has 18 heavy (non-hydrogen) atoms. The number of nitrogens with two attached hydrogens (primary N) is 1. The summed E-state index contributed by atoms with van der Waals surface area (Å²) in [4.78, 5) is 17.8. The highest BCUT2D eigenvalue weighted by molar-refractivity contribution is 5.92. The van der Waals surface area contributed by atoms with Gasteiger partial charge in [0.15, 0.2) is 0 Å². The van der Waals surface area contributed by atoms with Gasteiger partial charge in [0.25, 0.3) is 5.91 Å². The maximum absolute atomic E-state index is 12.0. The van der Waals surface area contributed by atoms with Crippen LogP contribution in [0, 0.1) is 17.8 Å².